The summed E-state index contributed by atoms with van der Waals surface area (Å²) in [4.78, 5) is 25.2. The maximum Gasteiger partial charge on any atom is 0.348 e. The third kappa shape index (κ3) is 4.14. The number of aryl methyl sites for hydroxylation is 2. The number of rotatable bonds is 5. The first-order valence-electron chi connectivity index (χ1n) is 6.81. The number of thiophene rings is 1. The lowest BCUT2D eigenvalue weighted by Crippen LogP contribution is -2.20. The lowest BCUT2D eigenvalue weighted by Gasteiger charge is -2.05. The Morgan fingerprint density at radius 1 is 1.32 bits per heavy atom. The third-order valence-corrected chi connectivity index (χ3v) is 4.35. The summed E-state index contributed by atoms with van der Waals surface area (Å²) >= 11 is 1.37. The van der Waals surface area contributed by atoms with E-state index in [1.165, 1.54) is 29.5 Å². The molecule has 0 saturated carbocycles. The molecule has 1 N–H and O–H groups in total. The first kappa shape index (κ1) is 16.2. The summed E-state index contributed by atoms with van der Waals surface area (Å²) in [5.74, 6) is -1.49. The summed E-state index contributed by atoms with van der Waals surface area (Å²) in [6, 6.07) is 7.27. The highest BCUT2D eigenvalue weighted by Crippen LogP contribution is 2.23. The summed E-state index contributed by atoms with van der Waals surface area (Å²) in [7, 11) is 0. The lowest BCUT2D eigenvalue weighted by molar-refractivity contribution is -0.119. The van der Waals surface area contributed by atoms with Crippen LogP contribution >= 0.6 is 11.3 Å². The van der Waals surface area contributed by atoms with Crippen molar-refractivity contribution in [3.05, 3.63) is 51.5 Å². The molecule has 0 atom stereocenters. The summed E-state index contributed by atoms with van der Waals surface area (Å²) in [5.41, 5.74) is 1.37. The quantitative estimate of drug-likeness (QED) is 0.857. The van der Waals surface area contributed by atoms with Crippen LogP contribution in [0.2, 0.25) is 0 Å². The van der Waals surface area contributed by atoms with E-state index in [9.17, 15) is 14.0 Å². The van der Waals surface area contributed by atoms with E-state index in [0.29, 0.717) is 10.6 Å². The van der Waals surface area contributed by atoms with Gasteiger partial charge in [-0.3, -0.25) is 4.79 Å². The number of hydrogen-bond acceptors (Lipinski definition) is 4. The zero-order valence-corrected chi connectivity index (χ0v) is 13.1. The van der Waals surface area contributed by atoms with E-state index in [2.05, 4.69) is 5.32 Å². The molecule has 0 aliphatic heterocycles. The van der Waals surface area contributed by atoms with Crippen LogP contribution in [0.5, 0.6) is 0 Å². The highest BCUT2D eigenvalue weighted by Gasteiger charge is 2.14. The van der Waals surface area contributed by atoms with Crippen molar-refractivity contribution in [2.24, 2.45) is 0 Å². The first-order chi connectivity index (χ1) is 10.5. The fourth-order valence-electron chi connectivity index (χ4n) is 1.94. The second kappa shape index (κ2) is 7.17. The summed E-state index contributed by atoms with van der Waals surface area (Å²) in [6.07, 6.45) is 0.851. The molecule has 1 heterocycles. The number of carbonyl (C=O) groups excluding carboxylic acids is 2. The van der Waals surface area contributed by atoms with Gasteiger partial charge in [0, 0.05) is 10.6 Å². The van der Waals surface area contributed by atoms with Gasteiger partial charge in [-0.15, -0.1) is 11.3 Å². The van der Waals surface area contributed by atoms with Crippen LogP contribution in [0.3, 0.4) is 0 Å². The van der Waals surface area contributed by atoms with E-state index in [0.717, 1.165) is 16.9 Å². The normalized spacial score (nSPS) is 10.3. The van der Waals surface area contributed by atoms with Crippen molar-refractivity contribution in [2.75, 3.05) is 11.9 Å². The number of halogens is 1. The highest BCUT2D eigenvalue weighted by molar-refractivity contribution is 7.14. The fraction of sp³-hybridized carbons (Fsp3) is 0.250. The Morgan fingerprint density at radius 2 is 2.09 bits per heavy atom. The van der Waals surface area contributed by atoms with E-state index < -0.39 is 24.3 Å². The van der Waals surface area contributed by atoms with Gasteiger partial charge in [0.15, 0.2) is 6.61 Å². The van der Waals surface area contributed by atoms with Crippen molar-refractivity contribution in [1.29, 1.82) is 0 Å². The molecule has 1 aromatic carbocycles. The molecular weight excluding hydrogens is 305 g/mol. The minimum atomic E-state index is -0.526. The molecule has 2 aromatic rings. The highest BCUT2D eigenvalue weighted by atomic mass is 32.1. The van der Waals surface area contributed by atoms with Gasteiger partial charge >= 0.3 is 5.97 Å². The molecule has 22 heavy (non-hydrogen) atoms. The Kier molecular flexibility index (Phi) is 5.27. The number of anilines is 1. The van der Waals surface area contributed by atoms with Crippen LogP contribution in [0.4, 0.5) is 10.1 Å². The van der Waals surface area contributed by atoms with Gasteiger partial charge in [0.25, 0.3) is 5.91 Å². The minimum absolute atomic E-state index is 0.321. The number of ether oxygens (including phenoxy) is 1. The number of esters is 1. The van der Waals surface area contributed by atoms with Crippen LogP contribution < -0.4 is 5.32 Å². The molecule has 6 heteroatoms. The predicted molar refractivity (Wildman–Crippen MR) is 83.7 cm³/mol. The average molecular weight is 321 g/mol. The standard InChI is InChI=1S/C16H16FNO3S/c1-3-13-10(2)7-14(22-13)16(20)21-9-15(19)18-12-6-4-5-11(17)8-12/h4-8H,3,9H2,1-2H3,(H,18,19). The third-order valence-electron chi connectivity index (χ3n) is 2.99. The van der Waals surface area contributed by atoms with E-state index >= 15 is 0 Å². The van der Waals surface area contributed by atoms with Crippen molar-refractivity contribution < 1.29 is 18.7 Å². The van der Waals surface area contributed by atoms with Crippen molar-refractivity contribution in [3.8, 4) is 0 Å². The molecule has 0 fully saturated rings. The van der Waals surface area contributed by atoms with Gasteiger partial charge in [-0.1, -0.05) is 13.0 Å². The predicted octanol–water partition coefficient (Wildman–Crippen LogP) is 3.55. The van der Waals surface area contributed by atoms with Gasteiger partial charge in [-0.05, 0) is 43.2 Å². The van der Waals surface area contributed by atoms with Gasteiger partial charge in [-0.25, -0.2) is 9.18 Å². The second-order valence-electron chi connectivity index (χ2n) is 4.71. The molecule has 1 aromatic heterocycles. The molecule has 116 valence electrons. The molecule has 0 bridgehead atoms. The Balaban J connectivity index is 1.89. The maximum absolute atomic E-state index is 13.0. The van der Waals surface area contributed by atoms with E-state index in [4.69, 9.17) is 4.74 Å². The number of nitrogens with one attached hydrogen (secondary N) is 1. The van der Waals surface area contributed by atoms with Gasteiger partial charge in [0.2, 0.25) is 0 Å². The number of amides is 1. The molecule has 0 radical (unpaired) electrons. The molecule has 0 saturated heterocycles. The topological polar surface area (TPSA) is 55.4 Å². The van der Waals surface area contributed by atoms with Crippen LogP contribution in [-0.2, 0) is 16.0 Å². The van der Waals surface area contributed by atoms with Crippen LogP contribution in [0.1, 0.15) is 27.0 Å². The Morgan fingerprint density at radius 3 is 2.73 bits per heavy atom. The van der Waals surface area contributed by atoms with E-state index in [1.807, 2.05) is 13.8 Å². The molecular formula is C16H16FNO3S. The van der Waals surface area contributed by atoms with Gasteiger partial charge in [0.05, 0.1) is 0 Å². The number of carbonyl (C=O) groups is 2. The fourth-order valence-corrected chi connectivity index (χ4v) is 2.94. The molecule has 4 nitrogen and oxygen atoms in total. The number of hydrogen-bond donors (Lipinski definition) is 1. The van der Waals surface area contributed by atoms with Crippen LogP contribution in [0.25, 0.3) is 0 Å². The monoisotopic (exact) mass is 321 g/mol. The summed E-state index contributed by atoms with van der Waals surface area (Å²) < 4.78 is 18.0. The lowest BCUT2D eigenvalue weighted by atomic mass is 10.2. The van der Waals surface area contributed by atoms with Gasteiger partial charge in [0.1, 0.15) is 10.7 Å². The molecule has 0 unspecified atom stereocenters. The Hall–Kier alpha value is -2.21. The molecule has 1 amide bonds. The van der Waals surface area contributed by atoms with Crippen molar-refractivity contribution >= 4 is 28.9 Å². The van der Waals surface area contributed by atoms with E-state index in [1.54, 1.807) is 12.1 Å². The Labute approximate surface area is 131 Å². The smallest absolute Gasteiger partial charge is 0.348 e. The maximum atomic E-state index is 13.0. The van der Waals surface area contributed by atoms with Crippen LogP contribution in [0.15, 0.2) is 30.3 Å². The van der Waals surface area contributed by atoms with Gasteiger partial charge in [-0.2, -0.15) is 0 Å². The first-order valence-corrected chi connectivity index (χ1v) is 7.63. The SMILES string of the molecule is CCc1sc(C(=O)OCC(=O)Nc2cccc(F)c2)cc1C. The number of benzene rings is 1. The average Bonchev–Trinajstić information content (AvgIpc) is 2.86. The largest absolute Gasteiger partial charge is 0.451 e. The van der Waals surface area contributed by atoms with Gasteiger partial charge < -0.3 is 10.1 Å². The summed E-state index contributed by atoms with van der Waals surface area (Å²) in [6.45, 7) is 3.54. The van der Waals surface area contributed by atoms with Crippen molar-refractivity contribution in [1.82, 2.24) is 0 Å². The zero-order valence-electron chi connectivity index (χ0n) is 12.3. The zero-order chi connectivity index (χ0) is 16.1. The van der Waals surface area contributed by atoms with Crippen LogP contribution in [0, 0.1) is 12.7 Å². The Bertz CT molecular complexity index is 696. The molecule has 2 rings (SSSR count). The summed E-state index contributed by atoms with van der Waals surface area (Å²) in [5, 5.41) is 2.46. The van der Waals surface area contributed by atoms with Crippen LogP contribution in [-0.4, -0.2) is 18.5 Å². The molecule has 0 aliphatic carbocycles. The van der Waals surface area contributed by atoms with E-state index in [-0.39, 0.29) is 0 Å². The minimum Gasteiger partial charge on any atom is -0.451 e. The molecule has 0 spiro atoms. The van der Waals surface area contributed by atoms with Crippen molar-refractivity contribution in [2.45, 2.75) is 20.3 Å². The second-order valence-corrected chi connectivity index (χ2v) is 5.84. The molecule has 0 aliphatic rings. The van der Waals surface area contributed by atoms with Crippen molar-refractivity contribution in [3.63, 3.8) is 0 Å².